The summed E-state index contributed by atoms with van der Waals surface area (Å²) in [5.41, 5.74) is 8.55. The lowest BCUT2D eigenvalue weighted by atomic mass is 10.1. The highest BCUT2D eigenvalue weighted by Gasteiger charge is 2.12. The van der Waals surface area contributed by atoms with Gasteiger partial charge < -0.3 is 5.73 Å². The van der Waals surface area contributed by atoms with E-state index in [1.54, 1.807) is 11.3 Å². The Kier molecular flexibility index (Phi) is 4.26. The van der Waals surface area contributed by atoms with Crippen molar-refractivity contribution in [3.05, 3.63) is 51.7 Å². The van der Waals surface area contributed by atoms with E-state index in [2.05, 4.69) is 49.6 Å². The molecule has 90 valence electrons. The van der Waals surface area contributed by atoms with E-state index >= 15 is 0 Å². The molecule has 2 aromatic rings. The minimum atomic E-state index is 0.372. The zero-order valence-electron chi connectivity index (χ0n) is 10.1. The van der Waals surface area contributed by atoms with Crippen LogP contribution in [0, 0.1) is 13.8 Å². The molecule has 0 amide bonds. The van der Waals surface area contributed by atoms with Crippen LogP contribution in [0.2, 0.25) is 0 Å². The molecule has 0 aliphatic carbocycles. The van der Waals surface area contributed by atoms with Crippen LogP contribution in [0.3, 0.4) is 0 Å². The second-order valence-electron chi connectivity index (χ2n) is 4.10. The first kappa shape index (κ1) is 12.7. The van der Waals surface area contributed by atoms with Gasteiger partial charge in [0, 0.05) is 16.3 Å². The summed E-state index contributed by atoms with van der Waals surface area (Å²) in [6.45, 7) is 4.98. The monoisotopic (exact) mass is 263 g/mol. The Morgan fingerprint density at radius 1 is 1.24 bits per heavy atom. The van der Waals surface area contributed by atoms with Gasteiger partial charge in [0.05, 0.1) is 5.25 Å². The summed E-state index contributed by atoms with van der Waals surface area (Å²) >= 11 is 3.64. The zero-order valence-corrected chi connectivity index (χ0v) is 11.8. The Bertz CT molecular complexity index is 477. The molecule has 3 heteroatoms. The van der Waals surface area contributed by atoms with Gasteiger partial charge in [0.25, 0.3) is 0 Å². The second-order valence-corrected chi connectivity index (χ2v) is 6.36. The van der Waals surface area contributed by atoms with Crippen molar-refractivity contribution in [2.45, 2.75) is 24.0 Å². The van der Waals surface area contributed by atoms with E-state index in [1.807, 2.05) is 11.8 Å². The smallest absolute Gasteiger partial charge is 0.0560 e. The normalized spacial score (nSPS) is 12.6. The van der Waals surface area contributed by atoms with Gasteiger partial charge in [-0.1, -0.05) is 12.1 Å². The topological polar surface area (TPSA) is 26.0 Å². The molecule has 0 spiro atoms. The van der Waals surface area contributed by atoms with Gasteiger partial charge in [-0.25, -0.2) is 0 Å². The van der Waals surface area contributed by atoms with Gasteiger partial charge in [-0.3, -0.25) is 0 Å². The predicted molar refractivity (Wildman–Crippen MR) is 77.9 cm³/mol. The highest BCUT2D eigenvalue weighted by molar-refractivity contribution is 7.99. The number of hydrogen-bond acceptors (Lipinski definition) is 3. The molecule has 1 nitrogen and oxygen atoms in total. The van der Waals surface area contributed by atoms with E-state index in [-0.39, 0.29) is 0 Å². The third-order valence-electron chi connectivity index (χ3n) is 2.83. The SMILES string of the molecule is Cc1ccc(SC(CN)c2cccs2)cc1C. The van der Waals surface area contributed by atoms with Gasteiger partial charge in [0.1, 0.15) is 0 Å². The van der Waals surface area contributed by atoms with E-state index in [0.29, 0.717) is 11.8 Å². The largest absolute Gasteiger partial charge is 0.329 e. The van der Waals surface area contributed by atoms with Crippen LogP contribution < -0.4 is 5.73 Å². The van der Waals surface area contributed by atoms with E-state index in [9.17, 15) is 0 Å². The van der Waals surface area contributed by atoms with Gasteiger partial charge in [-0.2, -0.15) is 0 Å². The molecular formula is C14H17NS2. The molecule has 1 atom stereocenters. The van der Waals surface area contributed by atoms with Crippen LogP contribution >= 0.6 is 23.1 Å². The minimum absolute atomic E-state index is 0.372. The summed E-state index contributed by atoms with van der Waals surface area (Å²) in [4.78, 5) is 2.66. The van der Waals surface area contributed by atoms with E-state index < -0.39 is 0 Å². The fourth-order valence-electron chi connectivity index (χ4n) is 1.65. The fourth-order valence-corrected chi connectivity index (χ4v) is 3.69. The van der Waals surface area contributed by atoms with Crippen molar-refractivity contribution in [1.29, 1.82) is 0 Å². The lowest BCUT2D eigenvalue weighted by molar-refractivity contribution is 0.960. The van der Waals surface area contributed by atoms with Crippen molar-refractivity contribution in [2.75, 3.05) is 6.54 Å². The van der Waals surface area contributed by atoms with Gasteiger partial charge in [0.15, 0.2) is 0 Å². The molecule has 0 bridgehead atoms. The van der Waals surface area contributed by atoms with E-state index in [0.717, 1.165) is 0 Å². The summed E-state index contributed by atoms with van der Waals surface area (Å²) in [6.07, 6.45) is 0. The van der Waals surface area contributed by atoms with Crippen LogP contribution in [-0.2, 0) is 0 Å². The number of thioether (sulfide) groups is 1. The van der Waals surface area contributed by atoms with Crippen LogP contribution in [0.1, 0.15) is 21.3 Å². The highest BCUT2D eigenvalue weighted by Crippen LogP contribution is 2.37. The highest BCUT2D eigenvalue weighted by atomic mass is 32.2. The summed E-state index contributed by atoms with van der Waals surface area (Å²) in [5, 5.41) is 2.48. The molecule has 0 aliphatic rings. The van der Waals surface area contributed by atoms with Gasteiger partial charge in [-0.05, 0) is 48.6 Å². The molecule has 0 saturated heterocycles. The third kappa shape index (κ3) is 3.12. The van der Waals surface area contributed by atoms with Crippen molar-refractivity contribution in [1.82, 2.24) is 0 Å². The number of benzene rings is 1. The van der Waals surface area contributed by atoms with E-state index in [1.165, 1.54) is 20.9 Å². The average molecular weight is 263 g/mol. The molecule has 0 aliphatic heterocycles. The van der Waals surface area contributed by atoms with Crippen LogP contribution in [0.4, 0.5) is 0 Å². The minimum Gasteiger partial charge on any atom is -0.329 e. The summed E-state index contributed by atoms with van der Waals surface area (Å²) in [5.74, 6) is 0. The van der Waals surface area contributed by atoms with Crippen molar-refractivity contribution < 1.29 is 0 Å². The van der Waals surface area contributed by atoms with Gasteiger partial charge in [-0.15, -0.1) is 23.1 Å². The number of rotatable bonds is 4. The Balaban J connectivity index is 2.16. The standard InChI is InChI=1S/C14H17NS2/c1-10-5-6-12(8-11(10)2)17-14(9-15)13-4-3-7-16-13/h3-8,14H,9,15H2,1-2H3. The Labute approximate surface area is 111 Å². The molecule has 0 saturated carbocycles. The Morgan fingerprint density at radius 3 is 2.65 bits per heavy atom. The quantitative estimate of drug-likeness (QED) is 0.838. The first-order valence-electron chi connectivity index (χ1n) is 5.68. The first-order valence-corrected chi connectivity index (χ1v) is 7.44. The number of hydrogen-bond donors (Lipinski definition) is 1. The molecule has 2 N–H and O–H groups in total. The van der Waals surface area contributed by atoms with Crippen LogP contribution in [-0.4, -0.2) is 6.54 Å². The maximum Gasteiger partial charge on any atom is 0.0560 e. The third-order valence-corrected chi connectivity index (χ3v) is 5.22. The maximum absolute atomic E-state index is 5.87. The summed E-state index contributed by atoms with van der Waals surface area (Å²) < 4.78 is 0. The van der Waals surface area contributed by atoms with Gasteiger partial charge in [0.2, 0.25) is 0 Å². The Hall–Kier alpha value is -0.770. The molecule has 1 heterocycles. The molecule has 1 aromatic heterocycles. The summed E-state index contributed by atoms with van der Waals surface area (Å²) in [7, 11) is 0. The number of thiophene rings is 1. The van der Waals surface area contributed by atoms with Crippen LogP contribution in [0.15, 0.2) is 40.6 Å². The van der Waals surface area contributed by atoms with Crippen LogP contribution in [0.5, 0.6) is 0 Å². The molecule has 1 unspecified atom stereocenters. The summed E-state index contributed by atoms with van der Waals surface area (Å²) in [6, 6.07) is 10.9. The molecule has 2 rings (SSSR count). The molecule has 17 heavy (non-hydrogen) atoms. The molecule has 0 fully saturated rings. The number of nitrogens with two attached hydrogens (primary N) is 1. The lowest BCUT2D eigenvalue weighted by Gasteiger charge is -2.13. The van der Waals surface area contributed by atoms with Crippen molar-refractivity contribution in [3.63, 3.8) is 0 Å². The maximum atomic E-state index is 5.87. The molecule has 0 radical (unpaired) electrons. The van der Waals surface area contributed by atoms with Crippen molar-refractivity contribution in [3.8, 4) is 0 Å². The van der Waals surface area contributed by atoms with Crippen molar-refractivity contribution >= 4 is 23.1 Å². The Morgan fingerprint density at radius 2 is 2.06 bits per heavy atom. The molecular weight excluding hydrogens is 246 g/mol. The predicted octanol–water partition coefficient (Wildman–Crippen LogP) is 4.16. The number of aryl methyl sites for hydroxylation is 2. The molecule has 1 aromatic carbocycles. The average Bonchev–Trinajstić information content (AvgIpc) is 2.84. The first-order chi connectivity index (χ1) is 8.20. The lowest BCUT2D eigenvalue weighted by Crippen LogP contribution is -2.07. The van der Waals surface area contributed by atoms with E-state index in [4.69, 9.17) is 5.73 Å². The van der Waals surface area contributed by atoms with Crippen molar-refractivity contribution in [2.24, 2.45) is 5.73 Å². The zero-order chi connectivity index (χ0) is 12.3. The van der Waals surface area contributed by atoms with Crippen LogP contribution in [0.25, 0.3) is 0 Å². The van der Waals surface area contributed by atoms with Gasteiger partial charge >= 0.3 is 0 Å². The second kappa shape index (κ2) is 5.71. The fraction of sp³-hybridized carbons (Fsp3) is 0.286.